The summed E-state index contributed by atoms with van der Waals surface area (Å²) in [5, 5.41) is 3.65. The summed E-state index contributed by atoms with van der Waals surface area (Å²) in [4.78, 5) is 3.99. The Morgan fingerprint density at radius 3 is 2.48 bits per heavy atom. The average molecular weight is 349 g/mol. The summed E-state index contributed by atoms with van der Waals surface area (Å²) in [5.41, 5.74) is -1.77. The SMILES string of the molecule is CC(C)(NS(C)(=O)=O)c1noc(-c2ccc(C(F)F)c(F)c2)n1. The largest absolute Gasteiger partial charge is 0.334 e. The minimum Gasteiger partial charge on any atom is -0.334 e. The van der Waals surface area contributed by atoms with E-state index in [1.165, 1.54) is 19.9 Å². The van der Waals surface area contributed by atoms with Gasteiger partial charge >= 0.3 is 0 Å². The maximum absolute atomic E-state index is 13.6. The van der Waals surface area contributed by atoms with Crippen LogP contribution in [0.5, 0.6) is 0 Å². The number of nitrogens with one attached hydrogen (secondary N) is 1. The molecule has 10 heteroatoms. The van der Waals surface area contributed by atoms with E-state index in [0.29, 0.717) is 0 Å². The van der Waals surface area contributed by atoms with Gasteiger partial charge in [0.2, 0.25) is 10.0 Å². The molecular formula is C13H14F3N3O3S. The molecule has 2 aromatic rings. The van der Waals surface area contributed by atoms with E-state index in [1.54, 1.807) is 0 Å². The van der Waals surface area contributed by atoms with Gasteiger partial charge in [-0.25, -0.2) is 26.3 Å². The number of alkyl halides is 2. The van der Waals surface area contributed by atoms with E-state index in [2.05, 4.69) is 14.9 Å². The zero-order chi connectivity index (χ0) is 17.4. The highest BCUT2D eigenvalue weighted by Crippen LogP contribution is 2.28. The molecule has 23 heavy (non-hydrogen) atoms. The van der Waals surface area contributed by atoms with Crippen molar-refractivity contribution in [3.63, 3.8) is 0 Å². The molecule has 0 atom stereocenters. The van der Waals surface area contributed by atoms with Gasteiger partial charge in [-0.2, -0.15) is 4.98 Å². The first kappa shape index (κ1) is 17.4. The highest BCUT2D eigenvalue weighted by Gasteiger charge is 2.30. The topological polar surface area (TPSA) is 85.1 Å². The second-order valence-corrected chi connectivity index (χ2v) is 7.21. The molecule has 0 aliphatic rings. The Morgan fingerprint density at radius 1 is 1.30 bits per heavy atom. The standard InChI is InChI=1S/C13H14F3N3O3S/c1-13(2,19-23(3,20)21)12-17-11(22-18-12)7-4-5-8(10(15)16)9(14)6-7/h4-6,10,19H,1-3H3. The van der Waals surface area contributed by atoms with E-state index < -0.39 is 33.4 Å². The molecule has 0 saturated heterocycles. The smallest absolute Gasteiger partial charge is 0.266 e. The summed E-state index contributed by atoms with van der Waals surface area (Å²) in [6.45, 7) is 3.03. The Bertz CT molecular complexity index is 819. The number of aromatic nitrogens is 2. The maximum atomic E-state index is 13.6. The lowest BCUT2D eigenvalue weighted by atomic mass is 10.1. The van der Waals surface area contributed by atoms with Crippen LogP contribution in [0.2, 0.25) is 0 Å². The fourth-order valence-corrected chi connectivity index (χ4v) is 2.96. The Hall–Kier alpha value is -1.94. The number of hydrogen-bond acceptors (Lipinski definition) is 5. The van der Waals surface area contributed by atoms with Gasteiger partial charge in [-0.3, -0.25) is 0 Å². The van der Waals surface area contributed by atoms with Gasteiger partial charge in [-0.05, 0) is 32.0 Å². The molecule has 0 amide bonds. The summed E-state index contributed by atoms with van der Waals surface area (Å²) in [7, 11) is -3.52. The van der Waals surface area contributed by atoms with E-state index in [4.69, 9.17) is 4.52 Å². The highest BCUT2D eigenvalue weighted by molar-refractivity contribution is 7.88. The molecule has 126 valence electrons. The number of benzene rings is 1. The lowest BCUT2D eigenvalue weighted by Crippen LogP contribution is -2.41. The van der Waals surface area contributed by atoms with Gasteiger partial charge in [0.05, 0.1) is 17.4 Å². The van der Waals surface area contributed by atoms with Crippen molar-refractivity contribution < 1.29 is 26.1 Å². The quantitative estimate of drug-likeness (QED) is 0.897. The van der Waals surface area contributed by atoms with E-state index in [9.17, 15) is 21.6 Å². The van der Waals surface area contributed by atoms with Crippen LogP contribution in [-0.2, 0) is 15.6 Å². The van der Waals surface area contributed by atoms with Crippen molar-refractivity contribution in [2.75, 3.05) is 6.26 Å². The predicted molar refractivity (Wildman–Crippen MR) is 75.7 cm³/mol. The minimum atomic E-state index is -3.52. The van der Waals surface area contributed by atoms with Crippen LogP contribution in [0.15, 0.2) is 22.7 Å². The molecule has 0 fully saturated rings. The van der Waals surface area contributed by atoms with Crippen molar-refractivity contribution in [2.24, 2.45) is 0 Å². The Balaban J connectivity index is 2.34. The summed E-state index contributed by atoms with van der Waals surface area (Å²) in [5.74, 6) is -1.18. The Labute approximate surface area is 130 Å². The molecule has 0 aliphatic heterocycles. The van der Waals surface area contributed by atoms with Crippen molar-refractivity contribution in [3.05, 3.63) is 35.4 Å². The summed E-state index contributed by atoms with van der Waals surface area (Å²) in [6.07, 6.45) is -1.95. The van der Waals surface area contributed by atoms with Crippen molar-refractivity contribution in [2.45, 2.75) is 25.8 Å². The number of nitrogens with zero attached hydrogens (tertiary/aromatic N) is 2. The number of hydrogen-bond donors (Lipinski definition) is 1. The lowest BCUT2D eigenvalue weighted by molar-refractivity contribution is 0.146. The van der Waals surface area contributed by atoms with Crippen molar-refractivity contribution in [3.8, 4) is 11.5 Å². The van der Waals surface area contributed by atoms with Crippen LogP contribution in [-0.4, -0.2) is 24.8 Å². The zero-order valence-electron chi connectivity index (χ0n) is 12.5. The first-order chi connectivity index (χ1) is 10.5. The molecular weight excluding hydrogens is 335 g/mol. The molecule has 0 unspecified atom stereocenters. The van der Waals surface area contributed by atoms with Gasteiger partial charge in [0.25, 0.3) is 12.3 Å². The van der Waals surface area contributed by atoms with Crippen LogP contribution >= 0.6 is 0 Å². The fourth-order valence-electron chi connectivity index (χ4n) is 1.94. The third kappa shape index (κ3) is 4.08. The van der Waals surface area contributed by atoms with Crippen molar-refractivity contribution in [1.29, 1.82) is 0 Å². The van der Waals surface area contributed by atoms with Gasteiger partial charge in [-0.15, -0.1) is 0 Å². The van der Waals surface area contributed by atoms with Gasteiger partial charge in [0.15, 0.2) is 5.82 Å². The third-order valence-electron chi connectivity index (χ3n) is 2.91. The maximum Gasteiger partial charge on any atom is 0.266 e. The van der Waals surface area contributed by atoms with Gasteiger partial charge in [0, 0.05) is 5.56 Å². The van der Waals surface area contributed by atoms with Gasteiger partial charge < -0.3 is 4.52 Å². The van der Waals surface area contributed by atoms with Crippen LogP contribution in [0.1, 0.15) is 31.7 Å². The predicted octanol–water partition coefficient (Wildman–Crippen LogP) is 2.60. The number of halogens is 3. The van der Waals surface area contributed by atoms with Gasteiger partial charge in [-0.1, -0.05) is 5.16 Å². The molecule has 1 heterocycles. The van der Waals surface area contributed by atoms with E-state index >= 15 is 0 Å². The number of sulfonamides is 1. The third-order valence-corrected chi connectivity index (χ3v) is 3.79. The zero-order valence-corrected chi connectivity index (χ0v) is 13.3. The molecule has 0 radical (unpaired) electrons. The van der Waals surface area contributed by atoms with Crippen LogP contribution in [0.25, 0.3) is 11.5 Å². The second kappa shape index (κ2) is 5.93. The van der Waals surface area contributed by atoms with Crippen LogP contribution in [0.3, 0.4) is 0 Å². The molecule has 1 aromatic carbocycles. The van der Waals surface area contributed by atoms with Crippen LogP contribution in [0, 0.1) is 5.82 Å². The van der Waals surface area contributed by atoms with E-state index in [-0.39, 0.29) is 17.3 Å². The Morgan fingerprint density at radius 2 is 1.96 bits per heavy atom. The molecule has 6 nitrogen and oxygen atoms in total. The molecule has 1 N–H and O–H groups in total. The first-order valence-corrected chi connectivity index (χ1v) is 8.30. The fraction of sp³-hybridized carbons (Fsp3) is 0.385. The monoisotopic (exact) mass is 349 g/mol. The van der Waals surface area contributed by atoms with Crippen LogP contribution in [0.4, 0.5) is 13.2 Å². The average Bonchev–Trinajstić information content (AvgIpc) is 2.85. The molecule has 0 spiro atoms. The summed E-state index contributed by atoms with van der Waals surface area (Å²) < 4.78 is 68.6. The molecule has 0 aliphatic carbocycles. The normalized spacial score (nSPS) is 12.8. The molecule has 2 rings (SSSR count). The van der Waals surface area contributed by atoms with Crippen molar-refractivity contribution >= 4 is 10.0 Å². The first-order valence-electron chi connectivity index (χ1n) is 6.41. The Kier molecular flexibility index (Phi) is 4.49. The number of rotatable bonds is 5. The van der Waals surface area contributed by atoms with Crippen LogP contribution < -0.4 is 4.72 Å². The van der Waals surface area contributed by atoms with E-state index in [1.807, 2.05) is 0 Å². The van der Waals surface area contributed by atoms with Gasteiger partial charge in [0.1, 0.15) is 5.82 Å². The summed E-state index contributed by atoms with van der Waals surface area (Å²) in [6, 6.07) is 3.01. The minimum absolute atomic E-state index is 0.0243. The molecule has 1 aromatic heterocycles. The van der Waals surface area contributed by atoms with Crippen molar-refractivity contribution in [1.82, 2.24) is 14.9 Å². The van der Waals surface area contributed by atoms with E-state index in [0.717, 1.165) is 18.4 Å². The lowest BCUT2D eigenvalue weighted by Gasteiger charge is -2.20. The molecule has 0 saturated carbocycles. The highest BCUT2D eigenvalue weighted by atomic mass is 32.2. The molecule has 0 bridgehead atoms. The second-order valence-electron chi connectivity index (χ2n) is 5.46. The summed E-state index contributed by atoms with van der Waals surface area (Å²) >= 11 is 0.